The summed E-state index contributed by atoms with van der Waals surface area (Å²) in [5, 5.41) is 48.0. The van der Waals surface area contributed by atoms with E-state index in [0.29, 0.717) is 66.5 Å². The van der Waals surface area contributed by atoms with E-state index < -0.39 is 23.8 Å². The lowest BCUT2D eigenvalue weighted by Gasteiger charge is -2.17. The van der Waals surface area contributed by atoms with E-state index in [-0.39, 0.29) is 34.0 Å². The number of ether oxygens (including phenoxy) is 2. The zero-order chi connectivity index (χ0) is 42.5. The summed E-state index contributed by atoms with van der Waals surface area (Å²) >= 11 is 0. The van der Waals surface area contributed by atoms with E-state index in [4.69, 9.17) is 9.47 Å². The number of phenolic OH excluding ortho intramolecular Hbond substituents is 2. The van der Waals surface area contributed by atoms with Gasteiger partial charge in [-0.25, -0.2) is 9.59 Å². The Morgan fingerprint density at radius 3 is 1.23 bits per heavy atom. The van der Waals surface area contributed by atoms with Gasteiger partial charge < -0.3 is 30.3 Å². The lowest BCUT2D eigenvalue weighted by Crippen LogP contribution is -2.16. The number of aromatic hydroxyl groups is 2. The van der Waals surface area contributed by atoms with Crippen molar-refractivity contribution in [3.05, 3.63) is 155 Å². The van der Waals surface area contributed by atoms with E-state index >= 15 is 0 Å². The molecule has 0 aromatic heterocycles. The van der Waals surface area contributed by atoms with E-state index in [9.17, 15) is 29.4 Å². The number of benzene rings is 7. The average molecular weight is 801 g/mol. The molecular formula is C46H36N6O8. The molecule has 0 saturated heterocycles. The maximum Gasteiger partial charge on any atom is 0.337 e. The van der Waals surface area contributed by atoms with E-state index in [1.54, 1.807) is 135 Å². The highest BCUT2D eigenvalue weighted by atomic mass is 16.5. The molecule has 0 fully saturated rings. The van der Waals surface area contributed by atoms with Crippen molar-refractivity contribution >= 4 is 79.4 Å². The first-order chi connectivity index (χ1) is 29.0. The van der Waals surface area contributed by atoms with Gasteiger partial charge in [-0.3, -0.25) is 9.59 Å². The molecule has 2 amide bonds. The van der Waals surface area contributed by atoms with Crippen LogP contribution in [-0.2, 0) is 9.47 Å². The number of carbonyl (C=O) groups excluding carboxylic acids is 4. The molecule has 14 nitrogen and oxygen atoms in total. The maximum absolute atomic E-state index is 13.8. The molecule has 0 aliphatic rings. The molecule has 7 aromatic rings. The molecule has 4 N–H and O–H groups in total. The second-order valence-electron chi connectivity index (χ2n) is 13.5. The first-order valence-corrected chi connectivity index (χ1v) is 18.4. The van der Waals surface area contributed by atoms with Crippen molar-refractivity contribution in [2.45, 2.75) is 13.8 Å². The summed E-state index contributed by atoms with van der Waals surface area (Å²) in [6.45, 7) is 3.55. The molecule has 0 atom stereocenters. The number of anilines is 2. The van der Waals surface area contributed by atoms with Crippen LogP contribution in [0.4, 0.5) is 34.1 Å². The first kappa shape index (κ1) is 40.0. The number of phenols is 2. The van der Waals surface area contributed by atoms with Gasteiger partial charge in [0.15, 0.2) is 11.5 Å². The predicted molar refractivity (Wildman–Crippen MR) is 227 cm³/mol. The van der Waals surface area contributed by atoms with Crippen molar-refractivity contribution < 1.29 is 38.9 Å². The standard InChI is InChI=1S/C46H36N6O8/c1-25-26(2)38(48-44(56)36-24-30-10-6-8-12-34(30)40(42(36)54)52-50-32-19-15-28(16-20-32)46(58)60-4)22-21-37(25)47-43(55)35-23-29-9-5-7-11-33(29)39(41(35)53)51-49-31-17-13-27(14-18-31)45(57)59-3/h5-24,53-54H,1-4H3,(H,47,55)(H,48,56). The van der Waals surface area contributed by atoms with Crippen LogP contribution in [0.1, 0.15) is 52.6 Å². The quantitative estimate of drug-likeness (QED) is 0.0772. The van der Waals surface area contributed by atoms with Crippen molar-refractivity contribution in [3.8, 4) is 11.5 Å². The number of amides is 2. The van der Waals surface area contributed by atoms with Crippen LogP contribution in [0, 0.1) is 13.8 Å². The number of carbonyl (C=O) groups is 4. The summed E-state index contributed by atoms with van der Waals surface area (Å²) < 4.78 is 9.48. The van der Waals surface area contributed by atoms with Gasteiger partial charge in [-0.05, 0) is 109 Å². The Morgan fingerprint density at radius 1 is 0.500 bits per heavy atom. The van der Waals surface area contributed by atoms with Gasteiger partial charge in [0.05, 0.1) is 47.8 Å². The molecule has 7 aromatic carbocycles. The van der Waals surface area contributed by atoms with Gasteiger partial charge in [-0.1, -0.05) is 48.5 Å². The molecule has 0 aliphatic carbocycles. The van der Waals surface area contributed by atoms with Crippen LogP contribution in [0.5, 0.6) is 11.5 Å². The zero-order valence-corrected chi connectivity index (χ0v) is 32.7. The van der Waals surface area contributed by atoms with Crippen LogP contribution in [0.3, 0.4) is 0 Å². The second-order valence-corrected chi connectivity index (χ2v) is 13.5. The Balaban J connectivity index is 1.13. The summed E-state index contributed by atoms with van der Waals surface area (Å²) in [6, 6.07) is 33.1. The number of esters is 2. The van der Waals surface area contributed by atoms with Crippen LogP contribution in [0.25, 0.3) is 21.5 Å². The van der Waals surface area contributed by atoms with Crippen molar-refractivity contribution in [2.75, 3.05) is 24.9 Å². The number of hydrogen-bond acceptors (Lipinski definition) is 12. The van der Waals surface area contributed by atoms with Crippen molar-refractivity contribution in [1.29, 1.82) is 0 Å². The number of methoxy groups -OCH3 is 2. The monoisotopic (exact) mass is 800 g/mol. The van der Waals surface area contributed by atoms with E-state index in [0.717, 1.165) is 0 Å². The van der Waals surface area contributed by atoms with Crippen LogP contribution in [0.2, 0.25) is 0 Å². The van der Waals surface area contributed by atoms with E-state index in [1.807, 2.05) is 0 Å². The highest BCUT2D eigenvalue weighted by Gasteiger charge is 2.22. The molecule has 0 saturated carbocycles. The summed E-state index contributed by atoms with van der Waals surface area (Å²) in [7, 11) is 2.58. The topological polar surface area (TPSA) is 201 Å². The molecule has 7 rings (SSSR count). The minimum atomic E-state index is -0.612. The fourth-order valence-electron chi connectivity index (χ4n) is 6.43. The van der Waals surface area contributed by atoms with Crippen LogP contribution >= 0.6 is 0 Å². The highest BCUT2D eigenvalue weighted by molar-refractivity contribution is 6.14. The molecule has 14 heteroatoms. The van der Waals surface area contributed by atoms with Gasteiger partial charge in [0.25, 0.3) is 11.8 Å². The average Bonchev–Trinajstić information content (AvgIpc) is 3.27. The molecule has 0 bridgehead atoms. The van der Waals surface area contributed by atoms with E-state index in [2.05, 4.69) is 31.1 Å². The van der Waals surface area contributed by atoms with Gasteiger partial charge in [0.1, 0.15) is 11.4 Å². The van der Waals surface area contributed by atoms with E-state index in [1.165, 1.54) is 14.2 Å². The van der Waals surface area contributed by atoms with Crippen LogP contribution in [0.15, 0.2) is 142 Å². The predicted octanol–water partition coefficient (Wildman–Crippen LogP) is 10.9. The van der Waals surface area contributed by atoms with Gasteiger partial charge in [0, 0.05) is 22.1 Å². The summed E-state index contributed by atoms with van der Waals surface area (Å²) in [5.74, 6) is -2.98. The van der Waals surface area contributed by atoms with Gasteiger partial charge in [0.2, 0.25) is 0 Å². The second kappa shape index (κ2) is 17.1. The fraction of sp³-hybridized carbons (Fsp3) is 0.0870. The number of azo groups is 2. The molecule has 0 heterocycles. The Kier molecular flexibility index (Phi) is 11.4. The molecule has 0 aliphatic heterocycles. The minimum absolute atomic E-state index is 0.0453. The number of nitrogens with one attached hydrogen (secondary N) is 2. The maximum atomic E-state index is 13.8. The minimum Gasteiger partial charge on any atom is -0.505 e. The van der Waals surface area contributed by atoms with Crippen LogP contribution in [-0.4, -0.2) is 48.2 Å². The SMILES string of the molecule is COC(=O)c1ccc(N=Nc2c(O)c(C(=O)Nc3ccc(NC(=O)c4cc5ccccc5c(N=Nc5ccc(C(=O)OC)cc5)c4O)c(C)c3C)cc3ccccc23)cc1. The number of rotatable bonds is 10. The van der Waals surface area contributed by atoms with Gasteiger partial charge >= 0.3 is 11.9 Å². The largest absolute Gasteiger partial charge is 0.505 e. The van der Waals surface area contributed by atoms with Crippen molar-refractivity contribution in [3.63, 3.8) is 0 Å². The first-order valence-electron chi connectivity index (χ1n) is 18.4. The summed E-state index contributed by atoms with van der Waals surface area (Å²) in [5.41, 5.74) is 3.67. The molecule has 0 radical (unpaired) electrons. The van der Waals surface area contributed by atoms with Gasteiger partial charge in [-0.2, -0.15) is 10.2 Å². The number of fused-ring (bicyclic) bond motifs is 2. The Labute approximate surface area is 342 Å². The molecular weight excluding hydrogens is 765 g/mol. The lowest BCUT2D eigenvalue weighted by molar-refractivity contribution is 0.0592. The highest BCUT2D eigenvalue weighted by Crippen LogP contribution is 2.42. The molecule has 60 heavy (non-hydrogen) atoms. The zero-order valence-electron chi connectivity index (χ0n) is 32.7. The Hall–Kier alpha value is -8.26. The molecule has 0 unspecified atom stereocenters. The van der Waals surface area contributed by atoms with Crippen molar-refractivity contribution in [1.82, 2.24) is 0 Å². The van der Waals surface area contributed by atoms with Crippen molar-refractivity contribution in [2.24, 2.45) is 20.5 Å². The number of nitrogens with zero attached hydrogens (tertiary/aromatic N) is 4. The lowest BCUT2D eigenvalue weighted by atomic mass is 10.0. The summed E-state index contributed by atoms with van der Waals surface area (Å²) in [6.07, 6.45) is 0. The van der Waals surface area contributed by atoms with Crippen LogP contribution < -0.4 is 10.6 Å². The third kappa shape index (κ3) is 8.11. The third-order valence-electron chi connectivity index (χ3n) is 9.87. The smallest absolute Gasteiger partial charge is 0.337 e. The Bertz CT molecular complexity index is 2710. The third-order valence-corrected chi connectivity index (χ3v) is 9.87. The number of hydrogen-bond donors (Lipinski definition) is 4. The van der Waals surface area contributed by atoms with Gasteiger partial charge in [-0.15, -0.1) is 10.2 Å². The Morgan fingerprint density at radius 2 is 0.867 bits per heavy atom. The normalized spacial score (nSPS) is 11.3. The molecule has 298 valence electrons. The summed E-state index contributed by atoms with van der Waals surface area (Å²) in [4.78, 5) is 51.3. The fourth-order valence-corrected chi connectivity index (χ4v) is 6.43. The molecule has 0 spiro atoms.